The van der Waals surface area contributed by atoms with Gasteiger partial charge in [-0.2, -0.15) is 5.10 Å². The zero-order valence-electron chi connectivity index (χ0n) is 14.2. The average molecular weight is 333 g/mol. The Bertz CT molecular complexity index is 987. The number of hydrogen-bond acceptors (Lipinski definition) is 5. The van der Waals surface area contributed by atoms with Gasteiger partial charge in [0, 0.05) is 37.1 Å². The summed E-state index contributed by atoms with van der Waals surface area (Å²) >= 11 is 0. The molecular formula is C18H19N7. The van der Waals surface area contributed by atoms with Crippen molar-refractivity contribution in [2.45, 2.75) is 13.1 Å². The molecule has 3 aromatic heterocycles. The lowest BCUT2D eigenvalue weighted by atomic mass is 10.1. The first kappa shape index (κ1) is 15.5. The molecular weight excluding hydrogens is 314 g/mol. The van der Waals surface area contributed by atoms with E-state index in [2.05, 4.69) is 44.4 Å². The van der Waals surface area contributed by atoms with Crippen LogP contribution < -0.4 is 0 Å². The number of fused-ring (bicyclic) bond motifs is 1. The molecule has 0 unspecified atom stereocenters. The Kier molecular flexibility index (Phi) is 3.99. The molecule has 0 aliphatic rings. The van der Waals surface area contributed by atoms with Gasteiger partial charge in [-0.15, -0.1) is 10.2 Å². The monoisotopic (exact) mass is 333 g/mol. The zero-order valence-corrected chi connectivity index (χ0v) is 14.2. The molecule has 0 fully saturated rings. The van der Waals surface area contributed by atoms with E-state index in [0.29, 0.717) is 0 Å². The number of benzene rings is 1. The van der Waals surface area contributed by atoms with Gasteiger partial charge in [-0.25, -0.2) is 9.50 Å². The van der Waals surface area contributed by atoms with Gasteiger partial charge < -0.3 is 4.57 Å². The van der Waals surface area contributed by atoms with Crippen molar-refractivity contribution in [2.24, 2.45) is 7.05 Å². The van der Waals surface area contributed by atoms with Crippen molar-refractivity contribution in [1.29, 1.82) is 0 Å². The van der Waals surface area contributed by atoms with E-state index in [0.717, 1.165) is 41.3 Å². The number of rotatable bonds is 5. The zero-order chi connectivity index (χ0) is 17.2. The lowest BCUT2D eigenvalue weighted by Crippen LogP contribution is -2.20. The second-order valence-corrected chi connectivity index (χ2v) is 6.19. The van der Waals surface area contributed by atoms with Crippen molar-refractivity contribution in [2.75, 3.05) is 7.05 Å². The van der Waals surface area contributed by atoms with E-state index in [9.17, 15) is 0 Å². The Labute approximate surface area is 145 Å². The van der Waals surface area contributed by atoms with Crippen molar-refractivity contribution in [1.82, 2.24) is 34.3 Å². The van der Waals surface area contributed by atoms with E-state index in [1.54, 1.807) is 6.33 Å². The Morgan fingerprint density at radius 1 is 1.08 bits per heavy atom. The van der Waals surface area contributed by atoms with Crippen molar-refractivity contribution < 1.29 is 0 Å². The highest BCUT2D eigenvalue weighted by molar-refractivity contribution is 5.76. The lowest BCUT2D eigenvalue weighted by Gasteiger charge is -2.15. The quantitative estimate of drug-likeness (QED) is 0.560. The van der Waals surface area contributed by atoms with E-state index in [1.165, 1.54) is 0 Å². The van der Waals surface area contributed by atoms with Crippen molar-refractivity contribution in [3.05, 3.63) is 66.6 Å². The molecule has 0 N–H and O–H groups in total. The highest BCUT2D eigenvalue weighted by Crippen LogP contribution is 2.22. The van der Waals surface area contributed by atoms with Gasteiger partial charge >= 0.3 is 0 Å². The second-order valence-electron chi connectivity index (χ2n) is 6.19. The number of nitrogens with zero attached hydrogens (tertiary/aromatic N) is 7. The summed E-state index contributed by atoms with van der Waals surface area (Å²) < 4.78 is 3.77. The Balaban J connectivity index is 1.55. The van der Waals surface area contributed by atoms with E-state index < -0.39 is 0 Å². The third-order valence-corrected chi connectivity index (χ3v) is 4.16. The summed E-state index contributed by atoms with van der Waals surface area (Å²) in [5.74, 6) is 0.932. The van der Waals surface area contributed by atoms with Gasteiger partial charge in [-0.05, 0) is 12.6 Å². The van der Waals surface area contributed by atoms with Gasteiger partial charge in [0.25, 0.3) is 0 Å². The highest BCUT2D eigenvalue weighted by atomic mass is 15.3. The minimum absolute atomic E-state index is 0.725. The summed E-state index contributed by atoms with van der Waals surface area (Å²) in [5, 5.41) is 12.5. The number of aromatic nitrogens is 6. The maximum atomic E-state index is 4.63. The van der Waals surface area contributed by atoms with Crippen molar-refractivity contribution in [3.8, 4) is 11.1 Å². The molecule has 0 aliphatic heterocycles. The Morgan fingerprint density at radius 2 is 1.92 bits per heavy atom. The molecule has 0 saturated carbocycles. The first-order valence-electron chi connectivity index (χ1n) is 8.10. The molecule has 0 aliphatic carbocycles. The summed E-state index contributed by atoms with van der Waals surface area (Å²) in [6.07, 6.45) is 7.52. The summed E-state index contributed by atoms with van der Waals surface area (Å²) in [5.41, 5.74) is 4.13. The largest absolute Gasteiger partial charge is 0.320 e. The minimum atomic E-state index is 0.725. The average Bonchev–Trinajstić information content (AvgIpc) is 3.22. The summed E-state index contributed by atoms with van der Waals surface area (Å²) in [6.45, 7) is 1.49. The van der Waals surface area contributed by atoms with Gasteiger partial charge in [0.2, 0.25) is 0 Å². The third kappa shape index (κ3) is 3.14. The normalized spacial score (nSPS) is 11.5. The molecule has 7 nitrogen and oxygen atoms in total. The van der Waals surface area contributed by atoms with E-state index in [-0.39, 0.29) is 0 Å². The standard InChI is InChI=1S/C18H19N7/c1-23(12-17-22-20-13-24(17)2)10-14-8-19-18-16(9-21-25(18)11-14)15-6-4-3-5-7-15/h3-9,11,13H,10,12H2,1-2H3. The van der Waals surface area contributed by atoms with E-state index >= 15 is 0 Å². The van der Waals surface area contributed by atoms with Crippen LogP contribution in [-0.4, -0.2) is 41.3 Å². The van der Waals surface area contributed by atoms with Crippen LogP contribution in [0, 0.1) is 0 Å². The Hall–Kier alpha value is -3.06. The fourth-order valence-corrected chi connectivity index (χ4v) is 2.88. The number of hydrogen-bond donors (Lipinski definition) is 0. The van der Waals surface area contributed by atoms with Gasteiger partial charge in [-0.1, -0.05) is 30.3 Å². The first-order chi connectivity index (χ1) is 12.2. The van der Waals surface area contributed by atoms with Crippen LogP contribution in [0.4, 0.5) is 0 Å². The molecule has 0 radical (unpaired) electrons. The molecule has 4 aromatic rings. The first-order valence-corrected chi connectivity index (χ1v) is 8.10. The predicted molar refractivity (Wildman–Crippen MR) is 94.6 cm³/mol. The molecule has 0 amide bonds. The maximum Gasteiger partial charge on any atom is 0.162 e. The van der Waals surface area contributed by atoms with Gasteiger partial charge in [0.15, 0.2) is 5.65 Å². The maximum absolute atomic E-state index is 4.63. The molecule has 0 saturated heterocycles. The van der Waals surface area contributed by atoms with Crippen LogP contribution in [-0.2, 0) is 20.1 Å². The van der Waals surface area contributed by atoms with Crippen LogP contribution in [0.5, 0.6) is 0 Å². The minimum Gasteiger partial charge on any atom is -0.320 e. The molecule has 7 heteroatoms. The molecule has 0 atom stereocenters. The van der Waals surface area contributed by atoms with Gasteiger partial charge in [0.1, 0.15) is 12.2 Å². The summed E-state index contributed by atoms with van der Waals surface area (Å²) in [6, 6.07) is 10.2. The summed E-state index contributed by atoms with van der Waals surface area (Å²) in [7, 11) is 4.00. The van der Waals surface area contributed by atoms with Crippen LogP contribution in [0.1, 0.15) is 11.4 Å². The van der Waals surface area contributed by atoms with Gasteiger partial charge in [0.05, 0.1) is 12.7 Å². The molecule has 126 valence electrons. The second kappa shape index (κ2) is 6.45. The molecule has 4 rings (SSSR count). The lowest BCUT2D eigenvalue weighted by molar-refractivity contribution is 0.305. The van der Waals surface area contributed by atoms with Crippen LogP contribution >= 0.6 is 0 Å². The fraction of sp³-hybridized carbons (Fsp3) is 0.222. The van der Waals surface area contributed by atoms with Crippen LogP contribution in [0.2, 0.25) is 0 Å². The topological polar surface area (TPSA) is 64.1 Å². The number of aryl methyl sites for hydroxylation is 1. The SMILES string of the molecule is CN(Cc1cnc2c(-c3ccccc3)cnn2c1)Cc1nncn1C. The van der Waals surface area contributed by atoms with Crippen LogP contribution in [0.25, 0.3) is 16.8 Å². The van der Waals surface area contributed by atoms with E-state index in [1.807, 2.05) is 52.9 Å². The smallest absolute Gasteiger partial charge is 0.162 e. The fourth-order valence-electron chi connectivity index (χ4n) is 2.88. The molecule has 0 bridgehead atoms. The molecule has 0 spiro atoms. The Morgan fingerprint density at radius 3 is 2.68 bits per heavy atom. The van der Waals surface area contributed by atoms with Crippen molar-refractivity contribution >= 4 is 5.65 Å². The molecule has 25 heavy (non-hydrogen) atoms. The summed E-state index contributed by atoms with van der Waals surface area (Å²) in [4.78, 5) is 6.80. The van der Waals surface area contributed by atoms with Crippen LogP contribution in [0.15, 0.2) is 55.2 Å². The highest BCUT2D eigenvalue weighted by Gasteiger charge is 2.10. The van der Waals surface area contributed by atoms with Gasteiger partial charge in [-0.3, -0.25) is 4.90 Å². The predicted octanol–water partition coefficient (Wildman–Crippen LogP) is 2.16. The molecule has 1 aromatic carbocycles. The van der Waals surface area contributed by atoms with Crippen molar-refractivity contribution in [3.63, 3.8) is 0 Å². The van der Waals surface area contributed by atoms with Crippen LogP contribution in [0.3, 0.4) is 0 Å². The van der Waals surface area contributed by atoms with E-state index in [4.69, 9.17) is 0 Å². The molecule has 3 heterocycles. The third-order valence-electron chi connectivity index (χ3n) is 4.16.